The second kappa shape index (κ2) is 4.89. The normalized spacial score (nSPS) is 17.7. The molecule has 0 aliphatic carbocycles. The minimum Gasteiger partial charge on any atom is -0.171 e. The van der Waals surface area contributed by atoms with Crippen molar-refractivity contribution >= 4 is 15.1 Å². The van der Waals surface area contributed by atoms with Crippen molar-refractivity contribution in [1.82, 2.24) is 0 Å². The lowest BCUT2D eigenvalue weighted by molar-refractivity contribution is -0.226. The van der Waals surface area contributed by atoms with Crippen molar-refractivity contribution in [2.24, 2.45) is 10.8 Å². The fraction of sp³-hybridized carbons (Fsp3) is 1.00. The SMILES string of the molecule is BC(BCC)(C(C)(C)CC)C(C)(C)C(F)(F)F. The standard InChI is InChI=1S/C12H25B2F3/c1-7-9(3,4)11(13,14-8-2)10(5,6)12(15,16)17/h14H,7-8,13H2,1-6H3. The Morgan fingerprint density at radius 3 is 1.65 bits per heavy atom. The number of rotatable bonds is 5. The van der Waals surface area contributed by atoms with E-state index in [1.54, 1.807) is 7.85 Å². The molecule has 0 bridgehead atoms. The first-order valence-electron chi connectivity index (χ1n) is 6.44. The van der Waals surface area contributed by atoms with Crippen LogP contribution in [0.25, 0.3) is 0 Å². The van der Waals surface area contributed by atoms with Crippen molar-refractivity contribution in [3.8, 4) is 0 Å². The summed E-state index contributed by atoms with van der Waals surface area (Å²) in [5, 5.41) is -0.748. The zero-order valence-corrected chi connectivity index (χ0v) is 12.3. The van der Waals surface area contributed by atoms with E-state index in [-0.39, 0.29) is 5.41 Å². The maximum Gasteiger partial charge on any atom is 0.393 e. The van der Waals surface area contributed by atoms with Crippen LogP contribution in [0.3, 0.4) is 0 Å². The monoisotopic (exact) mass is 248 g/mol. The first kappa shape index (κ1) is 16.9. The predicted octanol–water partition coefficient (Wildman–Crippen LogP) is 3.64. The van der Waals surface area contributed by atoms with E-state index in [0.717, 1.165) is 12.7 Å². The molecular weight excluding hydrogens is 223 g/mol. The quantitative estimate of drug-likeness (QED) is 0.651. The molecule has 0 spiro atoms. The van der Waals surface area contributed by atoms with Gasteiger partial charge in [0.05, 0.1) is 5.41 Å². The molecule has 0 amide bonds. The van der Waals surface area contributed by atoms with Gasteiger partial charge in [0.2, 0.25) is 0 Å². The number of halogens is 3. The molecule has 17 heavy (non-hydrogen) atoms. The van der Waals surface area contributed by atoms with Gasteiger partial charge in [-0.25, -0.2) is 0 Å². The Morgan fingerprint density at radius 2 is 1.41 bits per heavy atom. The van der Waals surface area contributed by atoms with Crippen molar-refractivity contribution in [2.75, 3.05) is 0 Å². The van der Waals surface area contributed by atoms with Gasteiger partial charge >= 0.3 is 6.18 Å². The van der Waals surface area contributed by atoms with Crippen molar-refractivity contribution < 1.29 is 13.2 Å². The molecule has 0 N–H and O–H groups in total. The van der Waals surface area contributed by atoms with Crippen molar-refractivity contribution in [2.45, 2.75) is 65.7 Å². The van der Waals surface area contributed by atoms with E-state index < -0.39 is 16.8 Å². The maximum atomic E-state index is 13.3. The summed E-state index contributed by atoms with van der Waals surface area (Å²) in [6.45, 7) is 10.5. The highest BCUT2D eigenvalue weighted by Crippen LogP contribution is 2.62. The van der Waals surface area contributed by atoms with Gasteiger partial charge in [0.1, 0.15) is 15.1 Å². The zero-order chi connectivity index (χ0) is 14.1. The highest BCUT2D eigenvalue weighted by molar-refractivity contribution is 6.54. The highest BCUT2D eigenvalue weighted by Gasteiger charge is 2.61. The van der Waals surface area contributed by atoms with E-state index in [0.29, 0.717) is 7.28 Å². The van der Waals surface area contributed by atoms with Crippen LogP contribution in [-0.2, 0) is 0 Å². The van der Waals surface area contributed by atoms with Crippen molar-refractivity contribution in [3.63, 3.8) is 0 Å². The largest absolute Gasteiger partial charge is 0.393 e. The Hall–Kier alpha value is -0.0801. The molecule has 0 radical (unpaired) electrons. The predicted molar refractivity (Wildman–Crippen MR) is 72.8 cm³/mol. The summed E-state index contributed by atoms with van der Waals surface area (Å²) in [7, 11) is 2.40. The van der Waals surface area contributed by atoms with Gasteiger partial charge < -0.3 is 0 Å². The van der Waals surface area contributed by atoms with Gasteiger partial charge in [0.25, 0.3) is 0 Å². The molecule has 0 fully saturated rings. The van der Waals surface area contributed by atoms with E-state index in [9.17, 15) is 13.2 Å². The lowest BCUT2D eigenvalue weighted by Crippen LogP contribution is -2.53. The van der Waals surface area contributed by atoms with E-state index in [4.69, 9.17) is 0 Å². The van der Waals surface area contributed by atoms with Gasteiger partial charge in [0, 0.05) is 0 Å². The molecule has 0 rings (SSSR count). The molecular formula is C12H25B2F3. The molecule has 1 atom stereocenters. The average molecular weight is 248 g/mol. The van der Waals surface area contributed by atoms with Gasteiger partial charge in [-0.2, -0.15) is 13.2 Å². The van der Waals surface area contributed by atoms with Crippen molar-refractivity contribution in [1.29, 1.82) is 0 Å². The fourth-order valence-corrected chi connectivity index (χ4v) is 2.70. The van der Waals surface area contributed by atoms with Gasteiger partial charge in [-0.1, -0.05) is 59.5 Å². The second-order valence-corrected chi connectivity index (χ2v) is 6.44. The van der Waals surface area contributed by atoms with Crippen LogP contribution in [0.1, 0.15) is 48.0 Å². The molecule has 0 aromatic rings. The van der Waals surface area contributed by atoms with Gasteiger partial charge in [0.15, 0.2) is 0 Å². The molecule has 5 heteroatoms. The molecule has 0 heterocycles. The zero-order valence-electron chi connectivity index (χ0n) is 12.3. The van der Waals surface area contributed by atoms with Crippen LogP contribution in [0.2, 0.25) is 11.5 Å². The number of hydrogen-bond acceptors (Lipinski definition) is 0. The van der Waals surface area contributed by atoms with Gasteiger partial charge in [-0.05, 0) is 5.41 Å². The third-order valence-corrected chi connectivity index (χ3v) is 5.22. The summed E-state index contributed by atoms with van der Waals surface area (Å²) in [6, 6.07) is 0. The summed E-state index contributed by atoms with van der Waals surface area (Å²) in [6.07, 6.45) is -2.63. The minimum absolute atomic E-state index is 0.331. The summed E-state index contributed by atoms with van der Waals surface area (Å²) in [4.78, 5) is 0. The van der Waals surface area contributed by atoms with Crippen LogP contribution in [0.15, 0.2) is 0 Å². The molecule has 0 saturated carbocycles. The topological polar surface area (TPSA) is 0 Å². The minimum atomic E-state index is -4.16. The third kappa shape index (κ3) is 2.68. The molecule has 0 aromatic carbocycles. The van der Waals surface area contributed by atoms with E-state index in [1.807, 2.05) is 27.7 Å². The van der Waals surface area contributed by atoms with Gasteiger partial charge in [-0.3, -0.25) is 0 Å². The van der Waals surface area contributed by atoms with E-state index in [1.165, 1.54) is 13.8 Å². The average Bonchev–Trinajstić information content (AvgIpc) is 2.15. The van der Waals surface area contributed by atoms with Crippen molar-refractivity contribution in [3.05, 3.63) is 0 Å². The fourth-order valence-electron chi connectivity index (χ4n) is 2.70. The number of hydrogen-bond donors (Lipinski definition) is 0. The lowest BCUT2D eigenvalue weighted by Gasteiger charge is -2.55. The molecule has 0 aromatic heterocycles. The summed E-state index contributed by atoms with van der Waals surface area (Å²) in [5.41, 5.74) is -2.00. The van der Waals surface area contributed by atoms with Gasteiger partial charge in [-0.15, -0.1) is 0 Å². The summed E-state index contributed by atoms with van der Waals surface area (Å²) in [5.74, 6) is 0. The summed E-state index contributed by atoms with van der Waals surface area (Å²) >= 11 is 0. The highest BCUT2D eigenvalue weighted by atomic mass is 19.4. The van der Waals surface area contributed by atoms with E-state index >= 15 is 0 Å². The van der Waals surface area contributed by atoms with Crippen LogP contribution >= 0.6 is 0 Å². The second-order valence-electron chi connectivity index (χ2n) is 6.44. The lowest BCUT2D eigenvalue weighted by atomic mass is 9.26. The Bertz CT molecular complexity index is 259. The third-order valence-electron chi connectivity index (χ3n) is 5.22. The van der Waals surface area contributed by atoms with Crippen LogP contribution in [0.4, 0.5) is 13.2 Å². The molecule has 0 aliphatic heterocycles. The smallest absolute Gasteiger partial charge is 0.171 e. The van der Waals surface area contributed by atoms with Crippen LogP contribution in [0.5, 0.6) is 0 Å². The first-order valence-corrected chi connectivity index (χ1v) is 6.44. The first-order chi connectivity index (χ1) is 7.37. The summed E-state index contributed by atoms with van der Waals surface area (Å²) < 4.78 is 40.0. The molecule has 1 unspecified atom stereocenters. The molecule has 0 aliphatic rings. The Balaban J connectivity index is 5.66. The van der Waals surface area contributed by atoms with Crippen LogP contribution in [0, 0.1) is 10.8 Å². The number of alkyl halides is 3. The molecule has 0 nitrogen and oxygen atoms in total. The van der Waals surface area contributed by atoms with E-state index in [2.05, 4.69) is 0 Å². The Kier molecular flexibility index (Phi) is 4.87. The van der Waals surface area contributed by atoms with Crippen LogP contribution < -0.4 is 0 Å². The molecule has 0 saturated heterocycles. The Morgan fingerprint density at radius 1 is 1.00 bits per heavy atom. The Labute approximate surface area is 105 Å². The van der Waals surface area contributed by atoms with Crippen LogP contribution in [-0.4, -0.2) is 21.3 Å². The maximum absolute atomic E-state index is 13.3. The molecule has 100 valence electrons.